The summed E-state index contributed by atoms with van der Waals surface area (Å²) in [5.41, 5.74) is -1.75. The highest BCUT2D eigenvalue weighted by molar-refractivity contribution is 7.99. The lowest BCUT2D eigenvalue weighted by molar-refractivity contribution is -0.140. The summed E-state index contributed by atoms with van der Waals surface area (Å²) in [4.78, 5) is 10.5. The molecule has 10 heteroatoms. The molecule has 1 aromatic carbocycles. The molecule has 1 N–H and O–H groups in total. The molecule has 22 heavy (non-hydrogen) atoms. The molecule has 0 atom stereocenters. The average molecular weight is 335 g/mol. The van der Waals surface area contributed by atoms with E-state index in [4.69, 9.17) is 5.11 Å². The average Bonchev–Trinajstić information content (AvgIpc) is 2.76. The van der Waals surface area contributed by atoms with Crippen LogP contribution >= 0.6 is 11.8 Å². The van der Waals surface area contributed by atoms with Crippen LogP contribution in [0.5, 0.6) is 0 Å². The molecule has 0 spiro atoms. The second-order valence-electron chi connectivity index (χ2n) is 4.21. The minimum atomic E-state index is -4.82. The van der Waals surface area contributed by atoms with E-state index in [1.54, 1.807) is 0 Å². The van der Waals surface area contributed by atoms with Crippen LogP contribution in [-0.4, -0.2) is 31.6 Å². The molecule has 118 valence electrons. The molecule has 2 rings (SSSR count). The first-order valence-electron chi connectivity index (χ1n) is 5.82. The van der Waals surface area contributed by atoms with Gasteiger partial charge in [0.1, 0.15) is 5.82 Å². The fraction of sp³-hybridized carbons (Fsp3) is 0.250. The van der Waals surface area contributed by atoms with Crippen molar-refractivity contribution >= 4 is 17.7 Å². The summed E-state index contributed by atoms with van der Waals surface area (Å²) < 4.78 is 53.4. The lowest BCUT2D eigenvalue weighted by atomic mass is 10.1. The third kappa shape index (κ3) is 3.21. The fourth-order valence-electron chi connectivity index (χ4n) is 1.73. The van der Waals surface area contributed by atoms with Crippen molar-refractivity contribution in [3.05, 3.63) is 29.6 Å². The number of aromatic nitrogens is 3. The molecule has 1 aromatic heterocycles. The smallest absolute Gasteiger partial charge is 0.419 e. The van der Waals surface area contributed by atoms with Crippen molar-refractivity contribution in [3.8, 4) is 11.4 Å². The molecule has 0 aliphatic heterocycles. The zero-order chi connectivity index (χ0) is 16.5. The number of aliphatic carboxylic acids is 1. The molecule has 0 saturated carbocycles. The first-order chi connectivity index (χ1) is 10.2. The lowest BCUT2D eigenvalue weighted by Crippen LogP contribution is -2.09. The first kappa shape index (κ1) is 16.3. The van der Waals surface area contributed by atoms with Crippen molar-refractivity contribution in [3.63, 3.8) is 0 Å². The third-order valence-electron chi connectivity index (χ3n) is 2.70. The van der Waals surface area contributed by atoms with Gasteiger partial charge in [-0.05, 0) is 12.1 Å². The van der Waals surface area contributed by atoms with Gasteiger partial charge in [-0.1, -0.05) is 17.8 Å². The number of halogens is 4. The first-order valence-corrected chi connectivity index (χ1v) is 6.80. The van der Waals surface area contributed by atoms with E-state index in [0.717, 1.165) is 23.9 Å². The molecule has 2 aromatic rings. The van der Waals surface area contributed by atoms with Gasteiger partial charge in [-0.25, -0.2) is 4.39 Å². The summed E-state index contributed by atoms with van der Waals surface area (Å²) in [5, 5.41) is 16.1. The van der Waals surface area contributed by atoms with Crippen LogP contribution in [0.25, 0.3) is 11.4 Å². The Labute approximate surface area is 126 Å². The van der Waals surface area contributed by atoms with Crippen molar-refractivity contribution in [2.24, 2.45) is 7.05 Å². The van der Waals surface area contributed by atoms with Crippen LogP contribution in [-0.2, 0) is 18.0 Å². The highest BCUT2D eigenvalue weighted by Crippen LogP contribution is 2.35. The van der Waals surface area contributed by atoms with Gasteiger partial charge in [-0.3, -0.25) is 4.79 Å². The number of carboxylic acids is 1. The number of carboxylic acid groups (broad SMARTS) is 1. The maximum atomic E-state index is 14.1. The summed E-state index contributed by atoms with van der Waals surface area (Å²) in [7, 11) is 1.42. The highest BCUT2D eigenvalue weighted by atomic mass is 32.2. The van der Waals surface area contributed by atoms with Gasteiger partial charge < -0.3 is 9.67 Å². The predicted octanol–water partition coefficient (Wildman–Crippen LogP) is 2.82. The monoisotopic (exact) mass is 335 g/mol. The number of benzene rings is 1. The van der Waals surface area contributed by atoms with E-state index in [9.17, 15) is 22.4 Å². The number of thioether (sulfide) groups is 1. The van der Waals surface area contributed by atoms with Gasteiger partial charge in [0.05, 0.1) is 16.9 Å². The maximum Gasteiger partial charge on any atom is 0.419 e. The molecule has 5 nitrogen and oxygen atoms in total. The lowest BCUT2D eigenvalue weighted by Gasteiger charge is -2.10. The van der Waals surface area contributed by atoms with Crippen LogP contribution in [0.1, 0.15) is 5.56 Å². The molecule has 0 aliphatic rings. The summed E-state index contributed by atoms with van der Waals surface area (Å²) in [6.45, 7) is 0. The third-order valence-corrected chi connectivity index (χ3v) is 3.71. The van der Waals surface area contributed by atoms with Gasteiger partial charge in [0.15, 0.2) is 11.0 Å². The molecule has 0 bridgehead atoms. The molecular weight excluding hydrogens is 326 g/mol. The summed E-state index contributed by atoms with van der Waals surface area (Å²) in [6, 6.07) is 2.86. The second-order valence-corrected chi connectivity index (χ2v) is 5.15. The van der Waals surface area contributed by atoms with Crippen LogP contribution < -0.4 is 0 Å². The SMILES string of the molecule is Cn1c(SCC(=O)O)nnc1-c1cccc(C(F)(F)F)c1F. The van der Waals surface area contributed by atoms with Crippen molar-refractivity contribution in [2.75, 3.05) is 5.75 Å². The predicted molar refractivity (Wildman–Crippen MR) is 69.8 cm³/mol. The van der Waals surface area contributed by atoms with Crippen LogP contribution in [0.4, 0.5) is 17.6 Å². The molecule has 0 saturated heterocycles. The Hall–Kier alpha value is -2.10. The number of alkyl halides is 3. The second kappa shape index (κ2) is 5.95. The Morgan fingerprint density at radius 1 is 1.36 bits per heavy atom. The summed E-state index contributed by atoms with van der Waals surface area (Å²) in [5.74, 6) is -2.94. The van der Waals surface area contributed by atoms with E-state index in [-0.39, 0.29) is 22.3 Å². The number of nitrogens with zero attached hydrogens (tertiary/aromatic N) is 3. The minimum absolute atomic E-state index is 0.114. The molecular formula is C12H9F4N3O2S. The van der Waals surface area contributed by atoms with E-state index in [2.05, 4.69) is 10.2 Å². The van der Waals surface area contributed by atoms with E-state index < -0.39 is 23.5 Å². The van der Waals surface area contributed by atoms with Crippen LogP contribution in [0.3, 0.4) is 0 Å². The zero-order valence-corrected chi connectivity index (χ0v) is 11.9. The molecule has 0 unspecified atom stereocenters. The normalized spacial score (nSPS) is 11.7. The van der Waals surface area contributed by atoms with Gasteiger partial charge in [0.2, 0.25) is 0 Å². The van der Waals surface area contributed by atoms with Crippen molar-refractivity contribution < 1.29 is 27.5 Å². The number of rotatable bonds is 4. The van der Waals surface area contributed by atoms with Gasteiger partial charge >= 0.3 is 12.1 Å². The Bertz CT molecular complexity index is 715. The Balaban J connectivity index is 2.43. The van der Waals surface area contributed by atoms with Crippen molar-refractivity contribution in [1.29, 1.82) is 0 Å². The van der Waals surface area contributed by atoms with Crippen LogP contribution in [0, 0.1) is 5.82 Å². The topological polar surface area (TPSA) is 68.0 Å². The molecule has 0 radical (unpaired) electrons. The van der Waals surface area contributed by atoms with Crippen molar-refractivity contribution in [1.82, 2.24) is 14.8 Å². The van der Waals surface area contributed by atoms with Gasteiger partial charge in [-0.15, -0.1) is 10.2 Å². The van der Waals surface area contributed by atoms with Crippen LogP contribution in [0.2, 0.25) is 0 Å². The number of hydrogen-bond acceptors (Lipinski definition) is 4. The molecule has 1 heterocycles. The van der Waals surface area contributed by atoms with E-state index in [1.807, 2.05) is 0 Å². The summed E-state index contributed by atoms with van der Waals surface area (Å²) >= 11 is 0.831. The van der Waals surface area contributed by atoms with Gasteiger partial charge in [0, 0.05) is 7.05 Å². The highest BCUT2D eigenvalue weighted by Gasteiger charge is 2.35. The molecule has 0 aliphatic carbocycles. The molecule has 0 fully saturated rings. The van der Waals surface area contributed by atoms with Crippen molar-refractivity contribution in [2.45, 2.75) is 11.3 Å². The van der Waals surface area contributed by atoms with Gasteiger partial charge in [0.25, 0.3) is 0 Å². The van der Waals surface area contributed by atoms with Gasteiger partial charge in [-0.2, -0.15) is 13.2 Å². The van der Waals surface area contributed by atoms with E-state index >= 15 is 0 Å². The van der Waals surface area contributed by atoms with Crippen LogP contribution in [0.15, 0.2) is 23.4 Å². The Kier molecular flexibility index (Phi) is 4.40. The maximum absolute atomic E-state index is 14.1. The quantitative estimate of drug-likeness (QED) is 0.687. The number of carbonyl (C=O) groups is 1. The standard InChI is InChI=1S/C12H9F4N3O2S/c1-19-10(17-18-11(19)22-5-8(20)21)6-3-2-4-7(9(6)13)12(14,15)16/h2-4H,5H2,1H3,(H,20,21). The van der Waals surface area contributed by atoms with E-state index in [0.29, 0.717) is 6.07 Å². The minimum Gasteiger partial charge on any atom is -0.481 e. The Morgan fingerprint density at radius 3 is 2.64 bits per heavy atom. The fourth-order valence-corrected chi connectivity index (χ4v) is 2.36. The van der Waals surface area contributed by atoms with E-state index in [1.165, 1.54) is 11.6 Å². The zero-order valence-electron chi connectivity index (χ0n) is 11.1. The number of hydrogen-bond donors (Lipinski definition) is 1. The Morgan fingerprint density at radius 2 is 2.05 bits per heavy atom. The molecule has 0 amide bonds. The largest absolute Gasteiger partial charge is 0.481 e. The summed E-state index contributed by atoms with van der Waals surface area (Å²) in [6.07, 6.45) is -4.82.